The minimum atomic E-state index is -0.523. The molecule has 1 fully saturated rings. The zero-order chi connectivity index (χ0) is 20.5. The first-order valence-electron chi connectivity index (χ1n) is 9.30. The molecule has 1 saturated heterocycles. The van der Waals surface area contributed by atoms with Crippen molar-refractivity contribution in [3.05, 3.63) is 58.1 Å². The predicted octanol–water partition coefficient (Wildman–Crippen LogP) is 3.78. The van der Waals surface area contributed by atoms with E-state index in [9.17, 15) is 14.0 Å². The number of anilines is 1. The third-order valence-electron chi connectivity index (χ3n) is 4.97. The Bertz CT molecular complexity index is 1140. The number of fused-ring (bicyclic) bond motifs is 1. The number of nitrogens with zero attached hydrogens (tertiary/aromatic N) is 1. The molecule has 1 aromatic heterocycles. The summed E-state index contributed by atoms with van der Waals surface area (Å²) in [6, 6.07) is 9.50. The number of carbonyl (C=O) groups excluding carboxylic acids is 2. The third kappa shape index (κ3) is 3.86. The Morgan fingerprint density at radius 3 is 2.72 bits per heavy atom. The van der Waals surface area contributed by atoms with Crippen LogP contribution in [0.5, 0.6) is 0 Å². The first kappa shape index (κ1) is 19.1. The molecule has 0 saturated carbocycles. The monoisotopic (exact) mass is 413 g/mol. The highest BCUT2D eigenvalue weighted by atomic mass is 32.1. The Morgan fingerprint density at radius 2 is 2.00 bits per heavy atom. The second-order valence-corrected chi connectivity index (χ2v) is 7.39. The van der Waals surface area contributed by atoms with Gasteiger partial charge in [-0.3, -0.25) is 9.69 Å². The number of halogens is 1. The molecule has 0 radical (unpaired) electrons. The van der Waals surface area contributed by atoms with Crippen LogP contribution in [0.25, 0.3) is 11.0 Å². The lowest BCUT2D eigenvalue weighted by molar-refractivity contribution is 0.0941. The fourth-order valence-corrected chi connectivity index (χ4v) is 3.67. The molecule has 4 N–H and O–H groups in total. The standard InChI is InChI=1S/C20H20FN5O2S/c1-11(12-3-5-14(6-4-12)26-8-2-7-22-20(26)28)23-18(27)15-9-13(21)10-16-17(15)25-19(29)24-16/h3-6,9-11H,2,7-8H2,1H3,(H,22,28)(H,23,27)(H2,24,25,29). The zero-order valence-corrected chi connectivity index (χ0v) is 16.5. The summed E-state index contributed by atoms with van der Waals surface area (Å²) in [6.45, 7) is 3.21. The van der Waals surface area contributed by atoms with Gasteiger partial charge in [-0.15, -0.1) is 0 Å². The summed E-state index contributed by atoms with van der Waals surface area (Å²) in [5.74, 6) is -0.934. The number of H-pyrrole nitrogens is 2. The minimum Gasteiger partial charge on any atom is -0.345 e. The molecule has 1 aliphatic heterocycles. The number of aromatic amines is 2. The molecule has 3 amide bonds. The van der Waals surface area contributed by atoms with Crippen LogP contribution in [-0.4, -0.2) is 35.0 Å². The lowest BCUT2D eigenvalue weighted by Gasteiger charge is -2.27. The average molecular weight is 413 g/mol. The number of nitrogens with one attached hydrogen (secondary N) is 4. The highest BCUT2D eigenvalue weighted by Crippen LogP contribution is 2.22. The molecule has 0 bridgehead atoms. The number of hydrogen-bond acceptors (Lipinski definition) is 3. The quantitative estimate of drug-likeness (QED) is 0.491. The molecule has 150 valence electrons. The first-order valence-corrected chi connectivity index (χ1v) is 9.71. The first-order chi connectivity index (χ1) is 13.9. The fraction of sp³-hybridized carbons (Fsp3) is 0.250. The van der Waals surface area contributed by atoms with Gasteiger partial charge in [0.25, 0.3) is 5.91 Å². The molecule has 2 heterocycles. The summed E-state index contributed by atoms with van der Waals surface area (Å²) in [4.78, 5) is 32.1. The summed E-state index contributed by atoms with van der Waals surface area (Å²) in [6.07, 6.45) is 0.893. The number of rotatable bonds is 4. The zero-order valence-electron chi connectivity index (χ0n) is 15.7. The second kappa shape index (κ2) is 7.67. The van der Waals surface area contributed by atoms with Crippen molar-refractivity contribution < 1.29 is 14.0 Å². The van der Waals surface area contributed by atoms with Crippen molar-refractivity contribution in [2.45, 2.75) is 19.4 Å². The Morgan fingerprint density at radius 1 is 1.24 bits per heavy atom. The van der Waals surface area contributed by atoms with E-state index in [1.807, 2.05) is 31.2 Å². The van der Waals surface area contributed by atoms with Gasteiger partial charge < -0.3 is 20.6 Å². The molecule has 29 heavy (non-hydrogen) atoms. The summed E-state index contributed by atoms with van der Waals surface area (Å²) in [5, 5.41) is 5.70. The normalized spacial score (nSPS) is 15.2. The van der Waals surface area contributed by atoms with E-state index in [0.717, 1.165) is 17.7 Å². The lowest BCUT2D eigenvalue weighted by Crippen LogP contribution is -2.46. The number of aromatic nitrogens is 2. The Labute approximate surface area is 171 Å². The molecule has 9 heteroatoms. The molecular weight excluding hydrogens is 393 g/mol. The number of amides is 3. The van der Waals surface area contributed by atoms with Gasteiger partial charge in [0.1, 0.15) is 5.82 Å². The Balaban J connectivity index is 1.52. The topological polar surface area (TPSA) is 93.0 Å². The molecule has 1 aliphatic rings. The van der Waals surface area contributed by atoms with Gasteiger partial charge in [0, 0.05) is 18.8 Å². The summed E-state index contributed by atoms with van der Waals surface area (Å²) in [7, 11) is 0. The Hall–Kier alpha value is -3.20. The van der Waals surface area contributed by atoms with Crippen molar-refractivity contribution in [1.82, 2.24) is 20.6 Å². The predicted molar refractivity (Wildman–Crippen MR) is 111 cm³/mol. The number of carbonyl (C=O) groups is 2. The van der Waals surface area contributed by atoms with E-state index >= 15 is 0 Å². The van der Waals surface area contributed by atoms with Gasteiger partial charge in [-0.25, -0.2) is 9.18 Å². The third-order valence-corrected chi connectivity index (χ3v) is 5.17. The maximum absolute atomic E-state index is 13.9. The van der Waals surface area contributed by atoms with Gasteiger partial charge in [0.2, 0.25) is 0 Å². The van der Waals surface area contributed by atoms with Crippen LogP contribution < -0.4 is 15.5 Å². The van der Waals surface area contributed by atoms with Gasteiger partial charge >= 0.3 is 6.03 Å². The summed E-state index contributed by atoms with van der Waals surface area (Å²) >= 11 is 5.04. The molecule has 0 spiro atoms. The van der Waals surface area contributed by atoms with Crippen LogP contribution in [0.3, 0.4) is 0 Å². The smallest absolute Gasteiger partial charge is 0.321 e. The van der Waals surface area contributed by atoms with Crippen LogP contribution in [0.1, 0.15) is 35.3 Å². The maximum Gasteiger partial charge on any atom is 0.321 e. The molecule has 3 aromatic rings. The Kier molecular flexibility index (Phi) is 5.06. The molecule has 7 nitrogen and oxygen atoms in total. The van der Waals surface area contributed by atoms with Crippen molar-refractivity contribution in [2.75, 3.05) is 18.0 Å². The molecule has 1 atom stereocenters. The summed E-state index contributed by atoms with van der Waals surface area (Å²) < 4.78 is 14.2. The van der Waals surface area contributed by atoms with E-state index in [1.165, 1.54) is 12.1 Å². The molecule has 0 aliphatic carbocycles. The average Bonchev–Trinajstić information content (AvgIpc) is 3.07. The van der Waals surface area contributed by atoms with Crippen molar-refractivity contribution in [3.8, 4) is 0 Å². The largest absolute Gasteiger partial charge is 0.345 e. The number of imidazole rings is 1. The lowest BCUT2D eigenvalue weighted by atomic mass is 10.1. The second-order valence-electron chi connectivity index (χ2n) is 6.98. The highest BCUT2D eigenvalue weighted by molar-refractivity contribution is 7.71. The van der Waals surface area contributed by atoms with E-state index in [-0.39, 0.29) is 17.6 Å². The van der Waals surface area contributed by atoms with E-state index in [1.54, 1.807) is 4.90 Å². The van der Waals surface area contributed by atoms with Crippen molar-refractivity contribution in [1.29, 1.82) is 0 Å². The van der Waals surface area contributed by atoms with Crippen LogP contribution in [0.2, 0.25) is 0 Å². The van der Waals surface area contributed by atoms with Crippen LogP contribution in [-0.2, 0) is 0 Å². The van der Waals surface area contributed by atoms with Crippen molar-refractivity contribution in [2.24, 2.45) is 0 Å². The van der Waals surface area contributed by atoms with Gasteiger partial charge in [-0.05, 0) is 55.4 Å². The van der Waals surface area contributed by atoms with Crippen LogP contribution in [0.4, 0.5) is 14.9 Å². The van der Waals surface area contributed by atoms with Crippen LogP contribution in [0, 0.1) is 10.6 Å². The van der Waals surface area contributed by atoms with Crippen LogP contribution in [0.15, 0.2) is 36.4 Å². The number of hydrogen-bond donors (Lipinski definition) is 4. The van der Waals surface area contributed by atoms with Gasteiger partial charge in [-0.2, -0.15) is 0 Å². The van der Waals surface area contributed by atoms with Crippen molar-refractivity contribution >= 4 is 40.9 Å². The molecule has 2 aromatic carbocycles. The van der Waals surface area contributed by atoms with E-state index in [0.29, 0.717) is 28.9 Å². The number of urea groups is 1. The van der Waals surface area contributed by atoms with Crippen LogP contribution >= 0.6 is 12.2 Å². The molecular formula is C20H20FN5O2S. The fourth-order valence-electron chi connectivity index (χ4n) is 3.46. The van der Waals surface area contributed by atoms with Gasteiger partial charge in [0.15, 0.2) is 4.77 Å². The van der Waals surface area contributed by atoms with E-state index in [4.69, 9.17) is 12.2 Å². The highest BCUT2D eigenvalue weighted by Gasteiger charge is 2.20. The molecule has 4 rings (SSSR count). The summed E-state index contributed by atoms with van der Waals surface area (Å²) in [5.41, 5.74) is 2.76. The van der Waals surface area contributed by atoms with Crippen molar-refractivity contribution in [3.63, 3.8) is 0 Å². The minimum absolute atomic E-state index is 0.107. The maximum atomic E-state index is 13.9. The van der Waals surface area contributed by atoms with E-state index in [2.05, 4.69) is 20.6 Å². The van der Waals surface area contributed by atoms with E-state index < -0.39 is 11.7 Å². The van der Waals surface area contributed by atoms with Gasteiger partial charge in [0.05, 0.1) is 22.6 Å². The SMILES string of the molecule is CC(NC(=O)c1cc(F)cc2[nH]c(=S)[nH]c12)c1ccc(N2CCCNC2=O)cc1. The van der Waals surface area contributed by atoms with Gasteiger partial charge in [-0.1, -0.05) is 12.1 Å². The number of benzene rings is 2. The molecule has 1 unspecified atom stereocenters.